The number of rotatable bonds is 2. The molecule has 4 nitrogen and oxygen atoms in total. The Bertz CT molecular complexity index is 613. The molecular formula is C14H19NO3S. The monoisotopic (exact) mass is 281 g/mol. The first-order valence-electron chi connectivity index (χ1n) is 6.64. The zero-order valence-electron chi connectivity index (χ0n) is 10.8. The number of sulfone groups is 1. The summed E-state index contributed by atoms with van der Waals surface area (Å²) in [4.78, 5) is 0. The summed E-state index contributed by atoms with van der Waals surface area (Å²) in [7, 11) is -3.15. The van der Waals surface area contributed by atoms with E-state index in [1.54, 1.807) is 0 Å². The van der Waals surface area contributed by atoms with E-state index < -0.39 is 20.9 Å². The van der Waals surface area contributed by atoms with Crippen LogP contribution in [0.15, 0.2) is 24.3 Å². The molecule has 2 aliphatic rings. The van der Waals surface area contributed by atoms with Crippen molar-refractivity contribution in [1.82, 2.24) is 0 Å². The first-order chi connectivity index (χ1) is 8.93. The molecule has 1 saturated heterocycles. The fourth-order valence-corrected chi connectivity index (χ4v) is 5.72. The summed E-state index contributed by atoms with van der Waals surface area (Å²) in [6, 6.07) is 7.93. The van der Waals surface area contributed by atoms with Gasteiger partial charge in [0.2, 0.25) is 0 Å². The van der Waals surface area contributed by atoms with Gasteiger partial charge in [-0.1, -0.05) is 24.3 Å². The van der Waals surface area contributed by atoms with Crippen molar-refractivity contribution in [3.63, 3.8) is 0 Å². The van der Waals surface area contributed by atoms with Crippen molar-refractivity contribution < 1.29 is 13.5 Å². The second kappa shape index (κ2) is 4.04. The van der Waals surface area contributed by atoms with Crippen molar-refractivity contribution in [2.45, 2.75) is 30.3 Å². The van der Waals surface area contributed by atoms with Crippen molar-refractivity contribution in [3.8, 4) is 0 Å². The summed E-state index contributed by atoms with van der Waals surface area (Å²) < 4.78 is 23.5. The van der Waals surface area contributed by atoms with Crippen molar-refractivity contribution in [2.24, 2.45) is 5.73 Å². The van der Waals surface area contributed by atoms with Gasteiger partial charge in [-0.2, -0.15) is 0 Å². The van der Waals surface area contributed by atoms with Gasteiger partial charge in [-0.3, -0.25) is 0 Å². The van der Waals surface area contributed by atoms with E-state index in [4.69, 9.17) is 5.73 Å². The summed E-state index contributed by atoms with van der Waals surface area (Å²) in [6.45, 7) is 0.288. The van der Waals surface area contributed by atoms with Crippen LogP contribution >= 0.6 is 0 Å². The Kier molecular flexibility index (Phi) is 2.78. The van der Waals surface area contributed by atoms with E-state index in [-0.39, 0.29) is 18.1 Å². The van der Waals surface area contributed by atoms with Crippen LogP contribution in [-0.2, 0) is 21.7 Å². The standard InChI is InChI=1S/C14H19NO3S/c15-9-13(14(16)7-8-19(17,18)10-14)6-5-11-3-1-2-4-12(11)13/h1-4,16H,5-10,15H2. The highest BCUT2D eigenvalue weighted by atomic mass is 32.2. The smallest absolute Gasteiger partial charge is 0.153 e. The van der Waals surface area contributed by atoms with Crippen LogP contribution in [0.3, 0.4) is 0 Å². The van der Waals surface area contributed by atoms with Crippen LogP contribution < -0.4 is 5.73 Å². The Morgan fingerprint density at radius 2 is 2.00 bits per heavy atom. The largest absolute Gasteiger partial charge is 0.388 e. The molecule has 0 aromatic heterocycles. The SMILES string of the molecule is NCC1(C2(O)CCS(=O)(=O)C2)CCc2ccccc21. The van der Waals surface area contributed by atoms with Crippen LogP contribution in [0.4, 0.5) is 0 Å². The molecule has 19 heavy (non-hydrogen) atoms. The van der Waals surface area contributed by atoms with E-state index in [9.17, 15) is 13.5 Å². The summed E-state index contributed by atoms with van der Waals surface area (Å²) in [5.41, 5.74) is 6.39. The zero-order chi connectivity index (χ0) is 13.7. The molecule has 1 aromatic carbocycles. The second-order valence-corrected chi connectivity index (χ2v) is 8.00. The third kappa shape index (κ3) is 1.75. The Hall–Kier alpha value is -0.910. The summed E-state index contributed by atoms with van der Waals surface area (Å²) in [5.74, 6) is -0.0983. The Labute approximate surface area is 113 Å². The van der Waals surface area contributed by atoms with Gasteiger partial charge in [-0.15, -0.1) is 0 Å². The second-order valence-electron chi connectivity index (χ2n) is 5.82. The average Bonchev–Trinajstić information content (AvgIpc) is 2.89. The molecule has 1 heterocycles. The molecule has 104 valence electrons. The number of aryl methyl sites for hydroxylation is 1. The Balaban J connectivity index is 2.12. The highest BCUT2D eigenvalue weighted by Gasteiger charge is 2.58. The van der Waals surface area contributed by atoms with Crippen LogP contribution in [-0.4, -0.2) is 37.2 Å². The Morgan fingerprint density at radius 3 is 2.63 bits per heavy atom. The van der Waals surface area contributed by atoms with Crippen molar-refractivity contribution in [1.29, 1.82) is 0 Å². The van der Waals surface area contributed by atoms with Crippen LogP contribution in [0, 0.1) is 0 Å². The van der Waals surface area contributed by atoms with Gasteiger partial charge in [0, 0.05) is 12.0 Å². The fraction of sp³-hybridized carbons (Fsp3) is 0.571. The summed E-state index contributed by atoms with van der Waals surface area (Å²) in [5, 5.41) is 11.0. The third-order valence-corrected chi connectivity index (χ3v) is 6.62. The van der Waals surface area contributed by atoms with Gasteiger partial charge in [-0.25, -0.2) is 8.42 Å². The quantitative estimate of drug-likeness (QED) is 0.821. The lowest BCUT2D eigenvalue weighted by molar-refractivity contribution is -0.0136. The average molecular weight is 281 g/mol. The molecule has 2 unspecified atom stereocenters. The predicted molar refractivity (Wildman–Crippen MR) is 73.7 cm³/mol. The first-order valence-corrected chi connectivity index (χ1v) is 8.46. The number of nitrogens with two attached hydrogens (primary N) is 1. The van der Waals surface area contributed by atoms with Gasteiger partial charge in [0.1, 0.15) is 0 Å². The highest BCUT2D eigenvalue weighted by Crippen LogP contribution is 2.49. The topological polar surface area (TPSA) is 80.4 Å². The van der Waals surface area contributed by atoms with Gasteiger partial charge in [0.05, 0.1) is 17.1 Å². The Morgan fingerprint density at radius 1 is 1.26 bits per heavy atom. The molecule has 3 N–H and O–H groups in total. The molecule has 0 radical (unpaired) electrons. The molecule has 2 atom stereocenters. The van der Waals surface area contributed by atoms with Crippen molar-refractivity contribution in [3.05, 3.63) is 35.4 Å². The number of aliphatic hydroxyl groups is 1. The van der Waals surface area contributed by atoms with Gasteiger partial charge in [0.15, 0.2) is 9.84 Å². The van der Waals surface area contributed by atoms with Gasteiger partial charge in [0.25, 0.3) is 0 Å². The van der Waals surface area contributed by atoms with Crippen molar-refractivity contribution >= 4 is 9.84 Å². The molecule has 5 heteroatoms. The lowest BCUT2D eigenvalue weighted by Gasteiger charge is -2.42. The van der Waals surface area contributed by atoms with Gasteiger partial charge >= 0.3 is 0 Å². The molecule has 0 saturated carbocycles. The zero-order valence-corrected chi connectivity index (χ0v) is 11.6. The van der Waals surface area contributed by atoms with Crippen LogP contribution in [0.25, 0.3) is 0 Å². The molecule has 0 bridgehead atoms. The van der Waals surface area contributed by atoms with E-state index in [1.165, 1.54) is 5.56 Å². The van der Waals surface area contributed by atoms with Gasteiger partial charge in [-0.05, 0) is 30.4 Å². The van der Waals surface area contributed by atoms with Gasteiger partial charge < -0.3 is 10.8 Å². The maximum atomic E-state index is 11.8. The molecule has 1 aromatic rings. The van der Waals surface area contributed by atoms with Crippen LogP contribution in [0.2, 0.25) is 0 Å². The third-order valence-electron chi connectivity index (χ3n) is 4.88. The lowest BCUT2D eigenvalue weighted by Crippen LogP contribution is -2.55. The number of hydrogen-bond donors (Lipinski definition) is 2. The predicted octanol–water partition coefficient (Wildman–Crippen LogP) is 0.379. The lowest BCUT2D eigenvalue weighted by atomic mass is 9.67. The van der Waals surface area contributed by atoms with E-state index in [1.807, 2.05) is 24.3 Å². The number of hydrogen-bond acceptors (Lipinski definition) is 4. The minimum Gasteiger partial charge on any atom is -0.388 e. The summed E-state index contributed by atoms with van der Waals surface area (Å²) in [6.07, 6.45) is 1.88. The summed E-state index contributed by atoms with van der Waals surface area (Å²) >= 11 is 0. The number of benzene rings is 1. The highest BCUT2D eigenvalue weighted by molar-refractivity contribution is 7.91. The minimum absolute atomic E-state index is 0.0629. The molecule has 0 amide bonds. The molecule has 3 rings (SSSR count). The van der Waals surface area contributed by atoms with E-state index >= 15 is 0 Å². The minimum atomic E-state index is -3.15. The molecular weight excluding hydrogens is 262 g/mol. The van der Waals surface area contributed by atoms with E-state index in [2.05, 4.69) is 0 Å². The fourth-order valence-electron chi connectivity index (χ4n) is 3.78. The van der Waals surface area contributed by atoms with E-state index in [0.717, 1.165) is 18.4 Å². The van der Waals surface area contributed by atoms with Crippen LogP contribution in [0.1, 0.15) is 24.0 Å². The maximum absolute atomic E-state index is 11.8. The normalized spacial score (nSPS) is 36.3. The molecule has 0 spiro atoms. The van der Waals surface area contributed by atoms with Crippen LogP contribution in [0.5, 0.6) is 0 Å². The molecule has 1 aliphatic heterocycles. The molecule has 1 fully saturated rings. The maximum Gasteiger partial charge on any atom is 0.153 e. The molecule has 1 aliphatic carbocycles. The first kappa shape index (κ1) is 13.1. The van der Waals surface area contributed by atoms with E-state index in [0.29, 0.717) is 6.42 Å². The number of fused-ring (bicyclic) bond motifs is 1. The van der Waals surface area contributed by atoms with Crippen molar-refractivity contribution in [2.75, 3.05) is 18.1 Å².